The summed E-state index contributed by atoms with van der Waals surface area (Å²) in [6.45, 7) is 2.78. The average Bonchev–Trinajstić information content (AvgIpc) is 3.32. The maximum atomic E-state index is 12.3. The third-order valence-electron chi connectivity index (χ3n) is 5.23. The van der Waals surface area contributed by atoms with Gasteiger partial charge in [-0.2, -0.15) is 10.2 Å². The maximum Gasteiger partial charge on any atom is 0.358 e. The van der Waals surface area contributed by atoms with Crippen LogP contribution in [0.1, 0.15) is 30.3 Å². The SMILES string of the molecule is CCn1ncc2cccc(-n3nc(C(=O)OC)cc3-c3cccc(OC4CC4)c3)c21. The Labute approximate surface area is 173 Å². The number of benzene rings is 2. The summed E-state index contributed by atoms with van der Waals surface area (Å²) in [5.41, 5.74) is 3.76. The number of ether oxygens (including phenoxy) is 2. The van der Waals surface area contributed by atoms with Crippen molar-refractivity contribution in [3.63, 3.8) is 0 Å². The Morgan fingerprint density at radius 1 is 1.17 bits per heavy atom. The van der Waals surface area contributed by atoms with Gasteiger partial charge in [-0.1, -0.05) is 24.3 Å². The number of methoxy groups -OCH3 is 1. The fourth-order valence-corrected chi connectivity index (χ4v) is 3.62. The molecule has 0 radical (unpaired) electrons. The van der Waals surface area contributed by atoms with Crippen molar-refractivity contribution in [1.29, 1.82) is 0 Å². The highest BCUT2D eigenvalue weighted by Gasteiger charge is 2.24. The zero-order valence-corrected chi connectivity index (χ0v) is 16.9. The highest BCUT2D eigenvalue weighted by molar-refractivity contribution is 5.91. The topological polar surface area (TPSA) is 71.2 Å². The average molecular weight is 402 g/mol. The van der Waals surface area contributed by atoms with E-state index in [0.717, 1.165) is 53.0 Å². The zero-order chi connectivity index (χ0) is 20.7. The molecule has 1 aliphatic rings. The molecular formula is C23H22N4O3. The lowest BCUT2D eigenvalue weighted by atomic mass is 10.1. The normalized spacial score (nSPS) is 13.5. The smallest absolute Gasteiger partial charge is 0.358 e. The molecule has 0 bridgehead atoms. The monoisotopic (exact) mass is 402 g/mol. The molecule has 1 fully saturated rings. The first-order valence-electron chi connectivity index (χ1n) is 10.1. The number of hydrogen-bond acceptors (Lipinski definition) is 5. The van der Waals surface area contributed by atoms with Crippen LogP contribution in [0.4, 0.5) is 0 Å². The number of aromatic nitrogens is 4. The number of carbonyl (C=O) groups excluding carboxylic acids is 1. The van der Waals surface area contributed by atoms with E-state index in [1.54, 1.807) is 10.7 Å². The van der Waals surface area contributed by atoms with Gasteiger partial charge in [-0.05, 0) is 44.0 Å². The molecule has 2 heterocycles. The number of carbonyl (C=O) groups is 1. The molecule has 0 atom stereocenters. The number of hydrogen-bond donors (Lipinski definition) is 0. The van der Waals surface area contributed by atoms with Gasteiger partial charge in [0.1, 0.15) is 5.75 Å². The summed E-state index contributed by atoms with van der Waals surface area (Å²) in [5.74, 6) is 0.343. The van der Waals surface area contributed by atoms with Crippen molar-refractivity contribution in [1.82, 2.24) is 19.6 Å². The molecule has 7 nitrogen and oxygen atoms in total. The van der Waals surface area contributed by atoms with E-state index >= 15 is 0 Å². The summed E-state index contributed by atoms with van der Waals surface area (Å²) in [7, 11) is 1.36. The fourth-order valence-electron chi connectivity index (χ4n) is 3.62. The molecule has 30 heavy (non-hydrogen) atoms. The lowest BCUT2D eigenvalue weighted by Crippen LogP contribution is -2.07. The van der Waals surface area contributed by atoms with Crippen LogP contribution in [0.15, 0.2) is 54.7 Å². The van der Waals surface area contributed by atoms with Gasteiger partial charge in [0, 0.05) is 17.5 Å². The number of rotatable bonds is 6. The number of nitrogens with zero attached hydrogens (tertiary/aromatic N) is 4. The Bertz CT molecular complexity index is 1240. The Balaban J connectivity index is 1.70. The van der Waals surface area contributed by atoms with Gasteiger partial charge in [0.2, 0.25) is 0 Å². The summed E-state index contributed by atoms with van der Waals surface area (Å²) in [4.78, 5) is 12.3. The Kier molecular flexibility index (Phi) is 4.50. The van der Waals surface area contributed by atoms with E-state index in [2.05, 4.69) is 10.2 Å². The molecule has 2 aromatic carbocycles. The minimum Gasteiger partial charge on any atom is -0.490 e. The maximum absolute atomic E-state index is 12.3. The van der Waals surface area contributed by atoms with Gasteiger partial charge in [0.15, 0.2) is 5.69 Å². The second-order valence-corrected chi connectivity index (χ2v) is 7.34. The molecule has 4 aromatic rings. The van der Waals surface area contributed by atoms with Crippen LogP contribution >= 0.6 is 0 Å². The zero-order valence-electron chi connectivity index (χ0n) is 16.9. The predicted octanol–water partition coefficient (Wildman–Crippen LogP) is 4.24. The van der Waals surface area contributed by atoms with E-state index in [1.165, 1.54) is 7.11 Å². The molecule has 152 valence electrons. The number of esters is 1. The molecule has 1 aliphatic carbocycles. The van der Waals surface area contributed by atoms with Gasteiger partial charge in [-0.3, -0.25) is 4.68 Å². The molecule has 0 spiro atoms. The van der Waals surface area contributed by atoms with Gasteiger partial charge in [0.05, 0.1) is 36.3 Å². The minimum atomic E-state index is -0.475. The number of aryl methyl sites for hydroxylation is 1. The molecular weight excluding hydrogens is 380 g/mol. The van der Waals surface area contributed by atoms with Crippen LogP contribution in [0.25, 0.3) is 27.8 Å². The largest absolute Gasteiger partial charge is 0.490 e. The molecule has 0 aliphatic heterocycles. The molecule has 0 saturated heterocycles. The van der Waals surface area contributed by atoms with E-state index in [9.17, 15) is 4.79 Å². The van der Waals surface area contributed by atoms with Crippen LogP contribution in [0, 0.1) is 0 Å². The molecule has 0 unspecified atom stereocenters. The quantitative estimate of drug-likeness (QED) is 0.451. The standard InChI is InChI=1S/C23H22N4O3/c1-3-26-22-16(14-24-26)7-5-9-20(22)27-21(13-19(25-27)23(28)29-2)15-6-4-8-18(12-15)30-17-10-11-17/h4-9,12-14,17H,3,10-11H2,1-2H3. The van der Waals surface area contributed by atoms with Crippen LogP contribution in [0.5, 0.6) is 5.75 Å². The van der Waals surface area contributed by atoms with Crippen LogP contribution in [0.2, 0.25) is 0 Å². The summed E-state index contributed by atoms with van der Waals surface area (Å²) < 4.78 is 14.6. The minimum absolute atomic E-state index is 0.251. The Morgan fingerprint density at radius 2 is 2.00 bits per heavy atom. The summed E-state index contributed by atoms with van der Waals surface area (Å²) in [5, 5.41) is 10.1. The van der Waals surface area contributed by atoms with Crippen molar-refractivity contribution in [2.75, 3.05) is 7.11 Å². The predicted molar refractivity (Wildman–Crippen MR) is 113 cm³/mol. The third-order valence-corrected chi connectivity index (χ3v) is 5.23. The van der Waals surface area contributed by atoms with Crippen LogP contribution in [-0.2, 0) is 11.3 Å². The highest BCUT2D eigenvalue weighted by atomic mass is 16.5. The van der Waals surface area contributed by atoms with Gasteiger partial charge >= 0.3 is 5.97 Å². The summed E-state index contributed by atoms with van der Waals surface area (Å²) >= 11 is 0. The van der Waals surface area contributed by atoms with Gasteiger partial charge in [-0.15, -0.1) is 0 Å². The molecule has 2 aromatic heterocycles. The van der Waals surface area contributed by atoms with Gasteiger partial charge < -0.3 is 9.47 Å². The molecule has 7 heteroatoms. The van der Waals surface area contributed by atoms with Crippen LogP contribution in [-0.4, -0.2) is 38.7 Å². The van der Waals surface area contributed by atoms with E-state index in [4.69, 9.17) is 9.47 Å². The molecule has 0 amide bonds. The summed E-state index contributed by atoms with van der Waals surface area (Å²) in [6, 6.07) is 15.6. The second kappa shape index (κ2) is 7.33. The second-order valence-electron chi connectivity index (χ2n) is 7.34. The third kappa shape index (κ3) is 3.22. The first-order chi connectivity index (χ1) is 14.7. The lowest BCUT2D eigenvalue weighted by Gasteiger charge is -2.12. The first-order valence-corrected chi connectivity index (χ1v) is 10.1. The van der Waals surface area contributed by atoms with Gasteiger partial charge in [0.25, 0.3) is 0 Å². The number of fused-ring (bicyclic) bond motifs is 1. The number of para-hydroxylation sites is 1. The van der Waals surface area contributed by atoms with E-state index in [-0.39, 0.29) is 5.69 Å². The van der Waals surface area contributed by atoms with Crippen molar-refractivity contribution >= 4 is 16.9 Å². The molecule has 1 saturated carbocycles. The van der Waals surface area contributed by atoms with Crippen LogP contribution < -0.4 is 4.74 Å². The lowest BCUT2D eigenvalue weighted by molar-refractivity contribution is 0.0593. The fraction of sp³-hybridized carbons (Fsp3) is 0.261. The first kappa shape index (κ1) is 18.4. The Morgan fingerprint density at radius 3 is 2.77 bits per heavy atom. The van der Waals surface area contributed by atoms with Crippen molar-refractivity contribution in [3.8, 4) is 22.7 Å². The highest BCUT2D eigenvalue weighted by Crippen LogP contribution is 2.32. The summed E-state index contributed by atoms with van der Waals surface area (Å²) in [6.07, 6.45) is 4.34. The van der Waals surface area contributed by atoms with Crippen LogP contribution in [0.3, 0.4) is 0 Å². The van der Waals surface area contributed by atoms with E-state index < -0.39 is 5.97 Å². The van der Waals surface area contributed by atoms with E-state index in [0.29, 0.717) is 6.10 Å². The van der Waals surface area contributed by atoms with Crippen molar-refractivity contribution in [2.24, 2.45) is 0 Å². The van der Waals surface area contributed by atoms with Crippen molar-refractivity contribution in [3.05, 3.63) is 60.4 Å². The molecule has 5 rings (SSSR count). The van der Waals surface area contributed by atoms with Crippen molar-refractivity contribution < 1.29 is 14.3 Å². The van der Waals surface area contributed by atoms with Gasteiger partial charge in [-0.25, -0.2) is 9.48 Å². The van der Waals surface area contributed by atoms with E-state index in [1.807, 2.05) is 60.3 Å². The Hall–Kier alpha value is -3.61. The molecule has 0 N–H and O–H groups in total. The van der Waals surface area contributed by atoms with Crippen molar-refractivity contribution in [2.45, 2.75) is 32.4 Å².